The van der Waals surface area contributed by atoms with Gasteiger partial charge in [-0.3, -0.25) is 0 Å². The first-order valence-corrected chi connectivity index (χ1v) is 6.25. The van der Waals surface area contributed by atoms with Crippen LogP contribution in [0.3, 0.4) is 0 Å². The predicted octanol–water partition coefficient (Wildman–Crippen LogP) is 1.32. The van der Waals surface area contributed by atoms with E-state index in [2.05, 4.69) is 14.8 Å². The highest BCUT2D eigenvalue weighted by Crippen LogP contribution is 2.60. The number of aromatic nitrogens is 3. The van der Waals surface area contributed by atoms with Crippen LogP contribution in [0.25, 0.3) is 0 Å². The number of rotatable bonds is 1. The van der Waals surface area contributed by atoms with Crippen molar-refractivity contribution < 1.29 is 5.11 Å². The first-order chi connectivity index (χ1) is 7.68. The van der Waals surface area contributed by atoms with Gasteiger partial charge in [0.05, 0.1) is 11.1 Å². The highest BCUT2D eigenvalue weighted by molar-refractivity contribution is 5.11. The highest BCUT2D eigenvalue weighted by atomic mass is 16.3. The molecule has 1 N–H and O–H groups in total. The fraction of sp³-hybridized carbons (Fsp3) is 0.833. The van der Waals surface area contributed by atoms with Crippen molar-refractivity contribution in [2.75, 3.05) is 0 Å². The Balaban J connectivity index is 1.80. The van der Waals surface area contributed by atoms with E-state index < -0.39 is 5.60 Å². The third-order valence-corrected chi connectivity index (χ3v) is 4.97. The molecule has 0 aliphatic heterocycles. The Morgan fingerprint density at radius 1 is 1.06 bits per heavy atom. The molecule has 4 nitrogen and oxygen atoms in total. The minimum Gasteiger partial charge on any atom is -0.390 e. The van der Waals surface area contributed by atoms with E-state index in [0.29, 0.717) is 11.8 Å². The molecule has 0 aromatic carbocycles. The lowest BCUT2D eigenvalue weighted by Crippen LogP contribution is -2.59. The van der Waals surface area contributed by atoms with Crippen LogP contribution in [0, 0.1) is 11.8 Å². The lowest BCUT2D eigenvalue weighted by molar-refractivity contribution is -0.156. The quantitative estimate of drug-likeness (QED) is 0.775. The van der Waals surface area contributed by atoms with Crippen LogP contribution in [0.4, 0.5) is 0 Å². The second-order valence-electron chi connectivity index (χ2n) is 6.28. The largest absolute Gasteiger partial charge is 0.390 e. The van der Waals surface area contributed by atoms with Crippen molar-refractivity contribution in [3.05, 3.63) is 12.7 Å². The Labute approximate surface area is 94.7 Å². The highest BCUT2D eigenvalue weighted by Gasteiger charge is 2.57. The first-order valence-electron chi connectivity index (χ1n) is 6.25. The molecule has 1 heterocycles. The van der Waals surface area contributed by atoms with Gasteiger partial charge in [-0.2, -0.15) is 0 Å². The van der Waals surface area contributed by atoms with E-state index in [0.717, 1.165) is 19.3 Å². The van der Waals surface area contributed by atoms with Crippen LogP contribution in [0.5, 0.6) is 0 Å². The molecule has 16 heavy (non-hydrogen) atoms. The van der Waals surface area contributed by atoms with E-state index in [9.17, 15) is 5.11 Å². The third-order valence-electron chi connectivity index (χ3n) is 4.97. The SMILES string of the molecule is OC12CC3CC(C1)CC(n1cnnc1)(C3)C2. The maximum Gasteiger partial charge on any atom is 0.119 e. The second kappa shape index (κ2) is 2.67. The minimum absolute atomic E-state index is 0.127. The monoisotopic (exact) mass is 219 g/mol. The van der Waals surface area contributed by atoms with Crippen molar-refractivity contribution in [3.8, 4) is 0 Å². The summed E-state index contributed by atoms with van der Waals surface area (Å²) in [5, 5.41) is 18.5. The zero-order chi connectivity index (χ0) is 10.8. The van der Waals surface area contributed by atoms with Crippen LogP contribution in [-0.2, 0) is 5.54 Å². The van der Waals surface area contributed by atoms with E-state index in [1.165, 1.54) is 19.3 Å². The Morgan fingerprint density at radius 2 is 1.69 bits per heavy atom. The molecule has 1 aromatic rings. The first kappa shape index (κ1) is 9.16. The zero-order valence-corrected chi connectivity index (χ0v) is 9.34. The maximum atomic E-state index is 10.6. The van der Waals surface area contributed by atoms with Crippen molar-refractivity contribution >= 4 is 0 Å². The molecule has 4 aliphatic carbocycles. The molecule has 4 saturated carbocycles. The van der Waals surface area contributed by atoms with Crippen LogP contribution in [0.15, 0.2) is 12.7 Å². The van der Waals surface area contributed by atoms with Crippen LogP contribution in [0.2, 0.25) is 0 Å². The Hall–Kier alpha value is -0.900. The zero-order valence-electron chi connectivity index (χ0n) is 9.34. The molecule has 4 aliphatic rings. The van der Waals surface area contributed by atoms with Crippen LogP contribution in [-0.4, -0.2) is 25.5 Å². The summed E-state index contributed by atoms with van der Waals surface area (Å²) in [5.41, 5.74) is -0.267. The smallest absolute Gasteiger partial charge is 0.119 e. The molecule has 0 saturated heterocycles. The van der Waals surface area contributed by atoms with Gasteiger partial charge in [-0.15, -0.1) is 10.2 Å². The minimum atomic E-state index is -0.394. The van der Waals surface area contributed by atoms with Gasteiger partial charge in [0.1, 0.15) is 12.7 Å². The van der Waals surface area contributed by atoms with Gasteiger partial charge in [-0.1, -0.05) is 0 Å². The molecule has 0 radical (unpaired) electrons. The van der Waals surface area contributed by atoms with Gasteiger partial charge in [0.15, 0.2) is 0 Å². The molecule has 2 atom stereocenters. The number of aliphatic hydroxyl groups is 1. The van der Waals surface area contributed by atoms with E-state index in [4.69, 9.17) is 0 Å². The Bertz CT molecular complexity index is 400. The molecule has 4 heteroatoms. The molecule has 86 valence electrons. The molecule has 2 unspecified atom stereocenters. The summed E-state index contributed by atoms with van der Waals surface area (Å²) in [4.78, 5) is 0. The van der Waals surface area contributed by atoms with E-state index in [1.807, 2.05) is 12.7 Å². The molecule has 0 spiro atoms. The van der Waals surface area contributed by atoms with Gasteiger partial charge in [0.2, 0.25) is 0 Å². The van der Waals surface area contributed by atoms with Gasteiger partial charge in [0, 0.05) is 0 Å². The summed E-state index contributed by atoms with van der Waals surface area (Å²) in [6.07, 6.45) is 10.4. The number of hydrogen-bond donors (Lipinski definition) is 1. The summed E-state index contributed by atoms with van der Waals surface area (Å²) in [5.74, 6) is 1.43. The predicted molar refractivity (Wildman–Crippen MR) is 57.6 cm³/mol. The number of nitrogens with zero attached hydrogens (tertiary/aromatic N) is 3. The van der Waals surface area contributed by atoms with Gasteiger partial charge in [0.25, 0.3) is 0 Å². The van der Waals surface area contributed by atoms with Crippen molar-refractivity contribution in [1.29, 1.82) is 0 Å². The summed E-state index contributed by atoms with van der Waals surface area (Å²) in [6, 6.07) is 0. The average molecular weight is 219 g/mol. The Kier molecular flexibility index (Phi) is 1.53. The normalized spacial score (nSPS) is 49.8. The maximum absolute atomic E-state index is 10.6. The average Bonchev–Trinajstić information content (AvgIpc) is 2.65. The number of hydrogen-bond acceptors (Lipinski definition) is 3. The molecular weight excluding hydrogens is 202 g/mol. The lowest BCUT2D eigenvalue weighted by atomic mass is 9.51. The van der Waals surface area contributed by atoms with Crippen molar-refractivity contribution in [2.45, 2.75) is 49.7 Å². The molecule has 5 rings (SSSR count). The van der Waals surface area contributed by atoms with E-state index in [-0.39, 0.29) is 5.54 Å². The van der Waals surface area contributed by atoms with Crippen molar-refractivity contribution in [3.63, 3.8) is 0 Å². The van der Waals surface area contributed by atoms with Crippen LogP contribution in [0.1, 0.15) is 38.5 Å². The summed E-state index contributed by atoms with van der Waals surface area (Å²) < 4.78 is 2.16. The van der Waals surface area contributed by atoms with Crippen molar-refractivity contribution in [1.82, 2.24) is 14.8 Å². The third kappa shape index (κ3) is 1.08. The van der Waals surface area contributed by atoms with Gasteiger partial charge < -0.3 is 9.67 Å². The molecule has 0 amide bonds. The topological polar surface area (TPSA) is 50.9 Å². The molecular formula is C12H17N3O. The Morgan fingerprint density at radius 3 is 2.25 bits per heavy atom. The van der Waals surface area contributed by atoms with E-state index >= 15 is 0 Å². The summed E-state index contributed by atoms with van der Waals surface area (Å²) in [6.45, 7) is 0. The molecule has 4 bridgehead atoms. The van der Waals surface area contributed by atoms with Crippen LogP contribution >= 0.6 is 0 Å². The molecule has 1 aromatic heterocycles. The van der Waals surface area contributed by atoms with Crippen LogP contribution < -0.4 is 0 Å². The van der Waals surface area contributed by atoms with Crippen molar-refractivity contribution in [2.24, 2.45) is 11.8 Å². The summed E-state index contributed by atoms with van der Waals surface area (Å²) >= 11 is 0. The lowest BCUT2D eigenvalue weighted by Gasteiger charge is -2.60. The fourth-order valence-corrected chi connectivity index (χ4v) is 4.91. The van der Waals surface area contributed by atoms with Gasteiger partial charge >= 0.3 is 0 Å². The summed E-state index contributed by atoms with van der Waals surface area (Å²) in [7, 11) is 0. The molecule has 4 fully saturated rings. The van der Waals surface area contributed by atoms with Gasteiger partial charge in [-0.05, 0) is 50.4 Å². The van der Waals surface area contributed by atoms with Gasteiger partial charge in [-0.25, -0.2) is 0 Å². The fourth-order valence-electron chi connectivity index (χ4n) is 4.91. The van der Waals surface area contributed by atoms with E-state index in [1.54, 1.807) is 0 Å². The standard InChI is InChI=1S/C12H17N3O/c16-12-4-9-1-10(5-12)3-11(2-9,6-12)15-7-13-14-8-15/h7-10,16H,1-6H2. The second-order valence-corrected chi connectivity index (χ2v) is 6.28.